The molecule has 6 heteroatoms. The lowest BCUT2D eigenvalue weighted by molar-refractivity contribution is 0.0378. The average Bonchev–Trinajstić information content (AvgIpc) is 2.61. The van der Waals surface area contributed by atoms with Crippen molar-refractivity contribution in [1.29, 1.82) is 0 Å². The van der Waals surface area contributed by atoms with Crippen LogP contribution < -0.4 is 0 Å². The third-order valence-electron chi connectivity index (χ3n) is 4.17. The lowest BCUT2D eigenvalue weighted by Gasteiger charge is -2.28. The fraction of sp³-hybridized carbons (Fsp3) is 0.316. The molecule has 0 radical (unpaired) electrons. The molecule has 0 aliphatic carbocycles. The van der Waals surface area contributed by atoms with E-state index in [0.717, 1.165) is 5.56 Å². The molecule has 0 saturated heterocycles. The first kappa shape index (κ1) is 17.6. The van der Waals surface area contributed by atoms with Crippen molar-refractivity contribution in [3.8, 4) is 0 Å². The maximum Gasteiger partial charge on any atom is 0.338 e. The minimum Gasteiger partial charge on any atom is -0.459 e. The number of fused-ring (bicyclic) bond motifs is 1. The van der Waals surface area contributed by atoms with E-state index in [1.165, 1.54) is 34.1 Å². The van der Waals surface area contributed by atoms with E-state index in [-0.39, 0.29) is 11.0 Å². The molecule has 0 spiro atoms. The second-order valence-electron chi connectivity index (χ2n) is 6.34. The van der Waals surface area contributed by atoms with Gasteiger partial charge in [-0.05, 0) is 55.7 Å². The highest BCUT2D eigenvalue weighted by Crippen LogP contribution is 2.25. The Morgan fingerprint density at radius 3 is 2.32 bits per heavy atom. The van der Waals surface area contributed by atoms with E-state index in [2.05, 4.69) is 0 Å². The average molecular weight is 359 g/mol. The van der Waals surface area contributed by atoms with Crippen molar-refractivity contribution in [2.24, 2.45) is 0 Å². The minimum absolute atomic E-state index is 0.188. The number of benzene rings is 2. The number of ether oxygens (including phenoxy) is 1. The molecular weight excluding hydrogens is 338 g/mol. The third-order valence-corrected chi connectivity index (χ3v) is 6.03. The predicted octanol–water partition coefficient (Wildman–Crippen LogP) is 3.00. The first-order valence-electron chi connectivity index (χ1n) is 8.26. The Labute approximate surface area is 148 Å². The van der Waals surface area contributed by atoms with Gasteiger partial charge >= 0.3 is 5.97 Å². The van der Waals surface area contributed by atoms with Gasteiger partial charge in [-0.25, -0.2) is 13.2 Å². The van der Waals surface area contributed by atoms with Crippen LogP contribution in [0.2, 0.25) is 0 Å². The molecule has 5 nitrogen and oxygen atoms in total. The van der Waals surface area contributed by atoms with Crippen LogP contribution in [0, 0.1) is 0 Å². The van der Waals surface area contributed by atoms with Crippen molar-refractivity contribution in [3.05, 3.63) is 65.2 Å². The molecule has 132 valence electrons. The second kappa shape index (κ2) is 6.98. The van der Waals surface area contributed by atoms with E-state index in [1.807, 2.05) is 24.3 Å². The van der Waals surface area contributed by atoms with Crippen LogP contribution in [-0.2, 0) is 27.7 Å². The molecule has 1 heterocycles. The number of nitrogens with zero attached hydrogens (tertiary/aromatic N) is 1. The number of sulfonamides is 1. The summed E-state index contributed by atoms with van der Waals surface area (Å²) in [6, 6.07) is 13.8. The van der Waals surface area contributed by atoms with E-state index < -0.39 is 16.0 Å². The van der Waals surface area contributed by atoms with Crippen LogP contribution >= 0.6 is 0 Å². The maximum atomic E-state index is 12.9. The molecule has 0 unspecified atom stereocenters. The zero-order valence-corrected chi connectivity index (χ0v) is 15.1. The highest BCUT2D eigenvalue weighted by molar-refractivity contribution is 7.89. The van der Waals surface area contributed by atoms with Gasteiger partial charge in [0, 0.05) is 13.1 Å². The summed E-state index contributed by atoms with van der Waals surface area (Å²) in [6.45, 7) is 4.36. The van der Waals surface area contributed by atoms with Gasteiger partial charge in [0.2, 0.25) is 10.0 Å². The summed E-state index contributed by atoms with van der Waals surface area (Å²) in [5.41, 5.74) is 2.58. The van der Waals surface area contributed by atoms with Crippen LogP contribution in [0.4, 0.5) is 0 Å². The van der Waals surface area contributed by atoms with Gasteiger partial charge in [-0.15, -0.1) is 0 Å². The molecule has 3 rings (SSSR count). The van der Waals surface area contributed by atoms with Crippen molar-refractivity contribution in [2.75, 3.05) is 6.54 Å². The van der Waals surface area contributed by atoms with Crippen molar-refractivity contribution >= 4 is 16.0 Å². The molecule has 0 amide bonds. The smallest absolute Gasteiger partial charge is 0.338 e. The Morgan fingerprint density at radius 2 is 1.68 bits per heavy atom. The lowest BCUT2D eigenvalue weighted by atomic mass is 10.0. The van der Waals surface area contributed by atoms with Crippen LogP contribution in [0.15, 0.2) is 53.4 Å². The summed E-state index contributed by atoms with van der Waals surface area (Å²) in [4.78, 5) is 12.1. The van der Waals surface area contributed by atoms with Crippen LogP contribution in [-0.4, -0.2) is 31.3 Å². The molecule has 2 aromatic carbocycles. The predicted molar refractivity (Wildman–Crippen MR) is 94.7 cm³/mol. The molecule has 1 aliphatic heterocycles. The maximum absolute atomic E-state index is 12.9. The van der Waals surface area contributed by atoms with Gasteiger partial charge in [-0.1, -0.05) is 24.3 Å². The lowest BCUT2D eigenvalue weighted by Crippen LogP contribution is -2.35. The third kappa shape index (κ3) is 3.75. The number of esters is 1. The number of hydrogen-bond donors (Lipinski definition) is 0. The van der Waals surface area contributed by atoms with Gasteiger partial charge in [-0.2, -0.15) is 4.31 Å². The molecule has 1 aliphatic rings. The van der Waals surface area contributed by atoms with Gasteiger partial charge in [0.15, 0.2) is 0 Å². The van der Waals surface area contributed by atoms with Gasteiger partial charge < -0.3 is 4.74 Å². The van der Waals surface area contributed by atoms with Gasteiger partial charge in [0.1, 0.15) is 0 Å². The first-order valence-corrected chi connectivity index (χ1v) is 9.70. The number of carbonyl (C=O) groups excluding carboxylic acids is 1. The summed E-state index contributed by atoms with van der Waals surface area (Å²) in [5, 5.41) is 0. The van der Waals surface area contributed by atoms with Crippen LogP contribution in [0.3, 0.4) is 0 Å². The van der Waals surface area contributed by atoms with E-state index in [4.69, 9.17) is 4.74 Å². The van der Waals surface area contributed by atoms with Gasteiger partial charge in [0.25, 0.3) is 0 Å². The van der Waals surface area contributed by atoms with Crippen molar-refractivity contribution in [2.45, 2.75) is 37.8 Å². The number of rotatable bonds is 4. The topological polar surface area (TPSA) is 63.7 Å². The highest BCUT2D eigenvalue weighted by Gasteiger charge is 2.28. The Balaban J connectivity index is 1.80. The van der Waals surface area contributed by atoms with E-state index in [9.17, 15) is 13.2 Å². The Bertz CT molecular complexity index is 873. The van der Waals surface area contributed by atoms with Crippen molar-refractivity contribution in [1.82, 2.24) is 4.31 Å². The van der Waals surface area contributed by atoms with Crippen LogP contribution in [0.5, 0.6) is 0 Å². The highest BCUT2D eigenvalue weighted by atomic mass is 32.2. The number of carbonyl (C=O) groups is 1. The summed E-state index contributed by atoms with van der Waals surface area (Å²) < 4.78 is 32.3. The summed E-state index contributed by atoms with van der Waals surface area (Å²) in [6.07, 6.45) is 0.484. The normalized spacial score (nSPS) is 15.0. The van der Waals surface area contributed by atoms with Gasteiger partial charge in [0.05, 0.1) is 16.6 Å². The monoisotopic (exact) mass is 359 g/mol. The minimum atomic E-state index is -3.59. The largest absolute Gasteiger partial charge is 0.459 e. The Hall–Kier alpha value is -2.18. The Morgan fingerprint density at radius 1 is 1.04 bits per heavy atom. The molecule has 0 N–H and O–H groups in total. The zero-order valence-electron chi connectivity index (χ0n) is 14.3. The summed E-state index contributed by atoms with van der Waals surface area (Å²) in [5.74, 6) is -0.453. The summed E-state index contributed by atoms with van der Waals surface area (Å²) in [7, 11) is -3.59. The quantitative estimate of drug-likeness (QED) is 0.787. The van der Waals surface area contributed by atoms with E-state index >= 15 is 0 Å². The van der Waals surface area contributed by atoms with E-state index in [1.54, 1.807) is 13.8 Å². The van der Waals surface area contributed by atoms with Gasteiger partial charge in [-0.3, -0.25) is 0 Å². The van der Waals surface area contributed by atoms with Crippen molar-refractivity contribution in [3.63, 3.8) is 0 Å². The standard InChI is InChI=1S/C19H21NO4S/c1-14(2)24-19(21)16-7-9-18(10-8-16)25(22,23)20-12-11-15-5-3-4-6-17(15)13-20/h3-10,14H,11-13H2,1-2H3. The fourth-order valence-corrected chi connectivity index (χ4v) is 4.29. The Kier molecular flexibility index (Phi) is 4.92. The molecule has 0 aromatic heterocycles. The second-order valence-corrected chi connectivity index (χ2v) is 8.27. The fourth-order valence-electron chi connectivity index (χ4n) is 2.87. The molecule has 0 fully saturated rings. The molecule has 0 atom stereocenters. The van der Waals surface area contributed by atoms with Crippen LogP contribution in [0.1, 0.15) is 35.3 Å². The first-order chi connectivity index (χ1) is 11.9. The van der Waals surface area contributed by atoms with E-state index in [0.29, 0.717) is 25.1 Å². The number of hydrogen-bond acceptors (Lipinski definition) is 4. The molecule has 25 heavy (non-hydrogen) atoms. The molecule has 0 bridgehead atoms. The summed E-state index contributed by atoms with van der Waals surface area (Å²) >= 11 is 0. The SMILES string of the molecule is CC(C)OC(=O)c1ccc(S(=O)(=O)N2CCc3ccccc3C2)cc1. The van der Waals surface area contributed by atoms with Crippen molar-refractivity contribution < 1.29 is 17.9 Å². The molecular formula is C19H21NO4S. The van der Waals surface area contributed by atoms with Crippen LogP contribution in [0.25, 0.3) is 0 Å². The molecule has 2 aromatic rings. The molecule has 0 saturated carbocycles. The zero-order chi connectivity index (χ0) is 18.0.